The van der Waals surface area contributed by atoms with E-state index in [9.17, 15) is 4.79 Å². The van der Waals surface area contributed by atoms with Crippen LogP contribution in [0.1, 0.15) is 16.9 Å². The van der Waals surface area contributed by atoms with Gasteiger partial charge in [0.2, 0.25) is 5.88 Å². The first-order chi connectivity index (χ1) is 5.77. The first kappa shape index (κ1) is 7.61. The molecule has 0 aromatic carbocycles. The zero-order valence-corrected chi connectivity index (χ0v) is 7.04. The maximum Gasteiger partial charge on any atom is 0.272 e. The molecule has 1 aliphatic rings. The van der Waals surface area contributed by atoms with E-state index in [-0.39, 0.29) is 5.69 Å². The summed E-state index contributed by atoms with van der Waals surface area (Å²) >= 11 is 5.25. The zero-order chi connectivity index (χ0) is 8.55. The lowest BCUT2D eigenvalue weighted by atomic mass is 10.4. The van der Waals surface area contributed by atoms with Crippen molar-refractivity contribution in [1.29, 1.82) is 0 Å². The Balaban J connectivity index is 2.38. The second-order valence-electron chi connectivity index (χ2n) is 2.57. The quantitative estimate of drug-likeness (QED) is 0.616. The summed E-state index contributed by atoms with van der Waals surface area (Å²) in [6, 6.07) is 1.56. The molecule has 0 saturated carbocycles. The number of aryl methyl sites for hydroxylation is 1. The zero-order valence-electron chi connectivity index (χ0n) is 6.29. The first-order valence-electron chi connectivity index (χ1n) is 3.68. The van der Waals surface area contributed by atoms with Gasteiger partial charge in [-0.3, -0.25) is 4.79 Å². The Morgan fingerprint density at radius 3 is 3.25 bits per heavy atom. The van der Waals surface area contributed by atoms with Crippen molar-refractivity contribution in [3.63, 3.8) is 0 Å². The molecule has 0 atom stereocenters. The number of carbonyl (C=O) groups is 1. The molecule has 2 rings (SSSR count). The molecule has 0 amide bonds. The van der Waals surface area contributed by atoms with E-state index in [1.54, 1.807) is 10.7 Å². The third-order valence-corrected chi connectivity index (χ3v) is 1.90. The highest BCUT2D eigenvalue weighted by molar-refractivity contribution is 6.67. The van der Waals surface area contributed by atoms with E-state index in [4.69, 9.17) is 16.3 Å². The van der Waals surface area contributed by atoms with E-state index in [1.165, 1.54) is 0 Å². The number of hydrogen-bond acceptors (Lipinski definition) is 3. The molecule has 1 aromatic heterocycles. The van der Waals surface area contributed by atoms with Crippen molar-refractivity contribution in [3.8, 4) is 5.88 Å². The van der Waals surface area contributed by atoms with Crippen molar-refractivity contribution < 1.29 is 9.53 Å². The highest BCUT2D eigenvalue weighted by Crippen LogP contribution is 2.18. The summed E-state index contributed by atoms with van der Waals surface area (Å²) in [6.07, 6.45) is 0.921. The average molecular weight is 187 g/mol. The lowest BCUT2D eigenvalue weighted by Gasteiger charge is -2.13. The Morgan fingerprint density at radius 1 is 1.75 bits per heavy atom. The van der Waals surface area contributed by atoms with Gasteiger partial charge in [0.1, 0.15) is 5.69 Å². The first-order valence-corrected chi connectivity index (χ1v) is 4.05. The molecule has 4 nitrogen and oxygen atoms in total. The maximum atomic E-state index is 10.7. The number of ether oxygens (including phenoxy) is 1. The Kier molecular flexibility index (Phi) is 1.77. The number of halogens is 1. The lowest BCUT2D eigenvalue weighted by Crippen LogP contribution is -2.14. The van der Waals surface area contributed by atoms with Gasteiger partial charge in [-0.25, -0.2) is 4.68 Å². The highest BCUT2D eigenvalue weighted by atomic mass is 35.5. The standard InChI is InChI=1S/C7H7ClN2O2/c8-7(11)5-4-6-10(9-5)2-1-3-12-6/h4H,1-3H2. The Morgan fingerprint density at radius 2 is 2.58 bits per heavy atom. The van der Waals surface area contributed by atoms with Crippen molar-refractivity contribution in [2.45, 2.75) is 13.0 Å². The molecule has 0 unspecified atom stereocenters. The van der Waals surface area contributed by atoms with E-state index in [1.807, 2.05) is 0 Å². The minimum absolute atomic E-state index is 0.258. The molecule has 0 radical (unpaired) electrons. The van der Waals surface area contributed by atoms with Gasteiger partial charge in [0, 0.05) is 19.0 Å². The third-order valence-electron chi connectivity index (χ3n) is 1.71. The van der Waals surface area contributed by atoms with Crippen molar-refractivity contribution in [3.05, 3.63) is 11.8 Å². The van der Waals surface area contributed by atoms with Gasteiger partial charge in [-0.15, -0.1) is 0 Å². The van der Waals surface area contributed by atoms with Crippen molar-refractivity contribution >= 4 is 16.8 Å². The number of rotatable bonds is 1. The van der Waals surface area contributed by atoms with Crippen LogP contribution in [0.15, 0.2) is 6.07 Å². The monoisotopic (exact) mass is 186 g/mol. The molecule has 0 fully saturated rings. The fraction of sp³-hybridized carbons (Fsp3) is 0.429. The summed E-state index contributed by atoms with van der Waals surface area (Å²) in [4.78, 5) is 10.7. The molecule has 0 N–H and O–H groups in total. The van der Waals surface area contributed by atoms with Crippen LogP contribution in [0.4, 0.5) is 0 Å². The topological polar surface area (TPSA) is 44.1 Å². The molecular weight excluding hydrogens is 180 g/mol. The van der Waals surface area contributed by atoms with Crippen LogP contribution in [-0.4, -0.2) is 21.6 Å². The van der Waals surface area contributed by atoms with Crippen LogP contribution < -0.4 is 4.74 Å². The molecule has 2 heterocycles. The Bertz CT molecular complexity index is 298. The Labute approximate surface area is 74.1 Å². The van der Waals surface area contributed by atoms with E-state index in [0.29, 0.717) is 12.5 Å². The normalized spacial score (nSPS) is 15.1. The lowest BCUT2D eigenvalue weighted by molar-refractivity contribution is 0.107. The third kappa shape index (κ3) is 1.18. The minimum atomic E-state index is -0.541. The van der Waals surface area contributed by atoms with Gasteiger partial charge < -0.3 is 4.74 Å². The fourth-order valence-corrected chi connectivity index (χ4v) is 1.26. The van der Waals surface area contributed by atoms with Crippen LogP contribution in [0.2, 0.25) is 0 Å². The molecule has 1 aliphatic heterocycles. The molecule has 0 bridgehead atoms. The van der Waals surface area contributed by atoms with Crippen LogP contribution in [0, 0.1) is 0 Å². The summed E-state index contributed by atoms with van der Waals surface area (Å²) in [7, 11) is 0. The molecule has 12 heavy (non-hydrogen) atoms. The maximum absolute atomic E-state index is 10.7. The predicted molar refractivity (Wildman–Crippen MR) is 42.5 cm³/mol. The summed E-state index contributed by atoms with van der Waals surface area (Å²) in [5, 5.41) is 3.42. The van der Waals surface area contributed by atoms with Gasteiger partial charge in [-0.1, -0.05) is 0 Å². The molecule has 0 spiro atoms. The van der Waals surface area contributed by atoms with E-state index in [2.05, 4.69) is 5.10 Å². The van der Waals surface area contributed by atoms with Gasteiger partial charge in [-0.05, 0) is 11.6 Å². The van der Waals surface area contributed by atoms with Crippen LogP contribution in [0.3, 0.4) is 0 Å². The van der Waals surface area contributed by atoms with Crippen LogP contribution in [0.25, 0.3) is 0 Å². The smallest absolute Gasteiger partial charge is 0.272 e. The second kappa shape index (κ2) is 2.79. The van der Waals surface area contributed by atoms with Crippen LogP contribution in [0.5, 0.6) is 5.88 Å². The van der Waals surface area contributed by atoms with Crippen LogP contribution >= 0.6 is 11.6 Å². The summed E-state index contributed by atoms with van der Waals surface area (Å²) in [5.41, 5.74) is 0.258. The molecule has 5 heteroatoms. The minimum Gasteiger partial charge on any atom is -0.478 e. The number of hydrogen-bond donors (Lipinski definition) is 0. The molecule has 0 saturated heterocycles. The average Bonchev–Trinajstić information content (AvgIpc) is 2.46. The summed E-state index contributed by atoms with van der Waals surface area (Å²) in [5.74, 6) is 0.630. The van der Waals surface area contributed by atoms with Gasteiger partial charge >= 0.3 is 0 Å². The largest absolute Gasteiger partial charge is 0.478 e. The van der Waals surface area contributed by atoms with E-state index < -0.39 is 5.24 Å². The highest BCUT2D eigenvalue weighted by Gasteiger charge is 2.15. The fourth-order valence-electron chi connectivity index (χ4n) is 1.16. The van der Waals surface area contributed by atoms with E-state index in [0.717, 1.165) is 13.0 Å². The molecule has 0 aliphatic carbocycles. The summed E-state index contributed by atoms with van der Waals surface area (Å²) < 4.78 is 6.90. The molecule has 64 valence electrons. The number of carbonyl (C=O) groups excluding carboxylic acids is 1. The van der Waals surface area contributed by atoms with Gasteiger partial charge in [0.15, 0.2) is 0 Å². The molecular formula is C7H7ClN2O2. The van der Waals surface area contributed by atoms with Gasteiger partial charge in [-0.2, -0.15) is 5.10 Å². The number of aromatic nitrogens is 2. The Hall–Kier alpha value is -1.03. The summed E-state index contributed by atoms with van der Waals surface area (Å²) in [6.45, 7) is 1.47. The number of nitrogens with zero attached hydrogens (tertiary/aromatic N) is 2. The number of fused-ring (bicyclic) bond motifs is 1. The molecule has 1 aromatic rings. The van der Waals surface area contributed by atoms with Crippen LogP contribution in [-0.2, 0) is 6.54 Å². The van der Waals surface area contributed by atoms with Gasteiger partial charge in [0.05, 0.1) is 6.61 Å². The van der Waals surface area contributed by atoms with E-state index >= 15 is 0 Å². The second-order valence-corrected chi connectivity index (χ2v) is 2.91. The van der Waals surface area contributed by atoms with Crippen molar-refractivity contribution in [1.82, 2.24) is 9.78 Å². The van der Waals surface area contributed by atoms with Crippen molar-refractivity contribution in [2.75, 3.05) is 6.61 Å². The SMILES string of the molecule is O=C(Cl)c1cc2n(n1)CCCO2. The van der Waals surface area contributed by atoms with Gasteiger partial charge in [0.25, 0.3) is 5.24 Å². The predicted octanol–water partition coefficient (Wildman–Crippen LogP) is 1.04. The van der Waals surface area contributed by atoms with Crippen molar-refractivity contribution in [2.24, 2.45) is 0 Å².